The Balaban J connectivity index is 1.86. The van der Waals surface area contributed by atoms with Gasteiger partial charge < -0.3 is 4.98 Å². The van der Waals surface area contributed by atoms with Gasteiger partial charge in [-0.3, -0.25) is 4.98 Å². The van der Waals surface area contributed by atoms with Crippen LogP contribution in [0.25, 0.3) is 33.7 Å². The van der Waals surface area contributed by atoms with Gasteiger partial charge in [0.15, 0.2) is 11.6 Å². The Kier molecular flexibility index (Phi) is 3.57. The predicted molar refractivity (Wildman–Crippen MR) is 90.2 cm³/mol. The fourth-order valence-corrected chi connectivity index (χ4v) is 2.79. The fraction of sp³-hybridized carbons (Fsp3) is 0. The van der Waals surface area contributed by atoms with Crippen LogP contribution in [-0.2, 0) is 0 Å². The number of imidazole rings is 1. The van der Waals surface area contributed by atoms with E-state index in [4.69, 9.17) is 0 Å². The van der Waals surface area contributed by atoms with E-state index in [9.17, 15) is 8.78 Å². The zero-order chi connectivity index (χ0) is 16.7. The normalized spacial score (nSPS) is 11.1. The van der Waals surface area contributed by atoms with Crippen molar-refractivity contribution in [3.63, 3.8) is 0 Å². The van der Waals surface area contributed by atoms with Crippen LogP contribution in [0.4, 0.5) is 8.78 Å². The molecule has 0 fully saturated rings. The average Bonchev–Trinajstić information content (AvgIpc) is 3.06. The largest absolute Gasteiger partial charge is 0.344 e. The second-order valence-electron chi connectivity index (χ2n) is 5.14. The minimum Gasteiger partial charge on any atom is -0.344 e. The van der Waals surface area contributed by atoms with Crippen molar-refractivity contribution >= 4 is 27.0 Å². The monoisotopic (exact) mass is 386 g/mol. The molecule has 0 bridgehead atoms. The molecule has 3 aromatic heterocycles. The summed E-state index contributed by atoms with van der Waals surface area (Å²) in [7, 11) is 0. The molecule has 0 unspecified atom stereocenters. The van der Waals surface area contributed by atoms with Gasteiger partial charge in [-0.15, -0.1) is 0 Å². The van der Waals surface area contributed by atoms with Crippen LogP contribution in [0, 0.1) is 11.6 Å². The average molecular weight is 387 g/mol. The molecule has 24 heavy (non-hydrogen) atoms. The van der Waals surface area contributed by atoms with Gasteiger partial charge in [0.05, 0.1) is 28.7 Å². The van der Waals surface area contributed by atoms with Crippen LogP contribution in [0.1, 0.15) is 0 Å². The first-order valence-electron chi connectivity index (χ1n) is 7.03. The number of rotatable bonds is 2. The summed E-state index contributed by atoms with van der Waals surface area (Å²) < 4.78 is 27.5. The molecule has 0 saturated heterocycles. The number of halogens is 3. The number of aromatic nitrogens is 4. The van der Waals surface area contributed by atoms with E-state index in [1.807, 2.05) is 12.1 Å². The number of fused-ring (bicyclic) bond motifs is 1. The summed E-state index contributed by atoms with van der Waals surface area (Å²) in [6, 6.07) is 9.20. The fourth-order valence-electron chi connectivity index (χ4n) is 2.47. The van der Waals surface area contributed by atoms with Crippen molar-refractivity contribution < 1.29 is 8.78 Å². The van der Waals surface area contributed by atoms with E-state index in [-0.39, 0.29) is 0 Å². The number of hydrogen-bond acceptors (Lipinski definition) is 3. The maximum atomic E-state index is 13.5. The van der Waals surface area contributed by atoms with Crippen LogP contribution in [0.5, 0.6) is 0 Å². The minimum absolute atomic E-state index is 0.496. The lowest BCUT2D eigenvalue weighted by atomic mass is 10.1. The van der Waals surface area contributed by atoms with Gasteiger partial charge in [0.1, 0.15) is 5.69 Å². The summed E-state index contributed by atoms with van der Waals surface area (Å²) in [5.74, 6) is -1.80. The number of hydrogen-bond donors (Lipinski definition) is 1. The number of pyridine rings is 2. The maximum Gasteiger partial charge on any atom is 0.159 e. The SMILES string of the molecule is Fc1ccc(-c2[nH]cnc2-c2ccc3ncc(Br)cc3n2)cc1F. The second kappa shape index (κ2) is 5.76. The molecule has 0 amide bonds. The van der Waals surface area contributed by atoms with Gasteiger partial charge in [-0.1, -0.05) is 0 Å². The second-order valence-corrected chi connectivity index (χ2v) is 6.06. The molecule has 1 aromatic carbocycles. The Morgan fingerprint density at radius 3 is 2.62 bits per heavy atom. The standard InChI is InChI=1S/C17H9BrF2N4/c18-10-6-15-13(21-7-10)3-4-14(24-15)17-16(22-8-23-17)9-1-2-11(19)12(20)5-9/h1-8H,(H,22,23). The van der Waals surface area contributed by atoms with Gasteiger partial charge in [-0.2, -0.15) is 0 Å². The Morgan fingerprint density at radius 2 is 1.79 bits per heavy atom. The lowest BCUT2D eigenvalue weighted by Gasteiger charge is -2.05. The molecule has 7 heteroatoms. The first-order chi connectivity index (χ1) is 11.6. The zero-order valence-electron chi connectivity index (χ0n) is 12.1. The number of H-pyrrole nitrogens is 1. The highest BCUT2D eigenvalue weighted by molar-refractivity contribution is 9.10. The van der Waals surface area contributed by atoms with E-state index in [1.54, 1.807) is 12.3 Å². The summed E-state index contributed by atoms with van der Waals surface area (Å²) in [6.07, 6.45) is 3.20. The minimum atomic E-state index is -0.910. The van der Waals surface area contributed by atoms with Gasteiger partial charge >= 0.3 is 0 Å². The zero-order valence-corrected chi connectivity index (χ0v) is 13.7. The molecule has 0 saturated carbocycles. The van der Waals surface area contributed by atoms with Crippen molar-refractivity contribution in [1.29, 1.82) is 0 Å². The van der Waals surface area contributed by atoms with Gasteiger partial charge in [-0.25, -0.2) is 18.7 Å². The Morgan fingerprint density at radius 1 is 0.917 bits per heavy atom. The van der Waals surface area contributed by atoms with E-state index in [0.717, 1.165) is 22.1 Å². The van der Waals surface area contributed by atoms with Crippen LogP contribution < -0.4 is 0 Å². The molecule has 4 rings (SSSR count). The van der Waals surface area contributed by atoms with Gasteiger partial charge in [0.2, 0.25) is 0 Å². The van der Waals surface area contributed by atoms with Crippen molar-refractivity contribution in [3.05, 3.63) is 65.0 Å². The van der Waals surface area contributed by atoms with Crippen LogP contribution >= 0.6 is 15.9 Å². The summed E-state index contributed by atoms with van der Waals surface area (Å²) in [6.45, 7) is 0. The molecular formula is C17H9BrF2N4. The van der Waals surface area contributed by atoms with E-state index < -0.39 is 11.6 Å². The number of aromatic amines is 1. The molecular weight excluding hydrogens is 378 g/mol. The molecule has 0 aliphatic rings. The van der Waals surface area contributed by atoms with Crippen molar-refractivity contribution in [2.24, 2.45) is 0 Å². The van der Waals surface area contributed by atoms with Crippen LogP contribution in [0.2, 0.25) is 0 Å². The maximum absolute atomic E-state index is 13.5. The molecule has 118 valence electrons. The number of nitrogens with zero attached hydrogens (tertiary/aromatic N) is 3. The van der Waals surface area contributed by atoms with E-state index in [0.29, 0.717) is 28.2 Å². The Labute approximate surface area is 143 Å². The van der Waals surface area contributed by atoms with Gasteiger partial charge in [0.25, 0.3) is 0 Å². The molecule has 0 atom stereocenters. The number of benzene rings is 1. The molecule has 0 aliphatic carbocycles. The van der Waals surface area contributed by atoms with Gasteiger partial charge in [0, 0.05) is 16.2 Å². The van der Waals surface area contributed by atoms with E-state index in [1.165, 1.54) is 12.4 Å². The third-order valence-corrected chi connectivity index (χ3v) is 4.03. The third-order valence-electron chi connectivity index (χ3n) is 3.59. The van der Waals surface area contributed by atoms with Crippen LogP contribution in [0.3, 0.4) is 0 Å². The smallest absolute Gasteiger partial charge is 0.159 e. The van der Waals surface area contributed by atoms with Crippen molar-refractivity contribution in [1.82, 2.24) is 19.9 Å². The molecule has 4 aromatic rings. The first-order valence-corrected chi connectivity index (χ1v) is 7.82. The number of nitrogens with one attached hydrogen (secondary N) is 1. The van der Waals surface area contributed by atoms with Gasteiger partial charge in [-0.05, 0) is 52.3 Å². The summed E-state index contributed by atoms with van der Waals surface area (Å²) in [4.78, 5) is 16.1. The van der Waals surface area contributed by atoms with Crippen molar-refractivity contribution in [2.45, 2.75) is 0 Å². The van der Waals surface area contributed by atoms with E-state index >= 15 is 0 Å². The molecule has 1 N–H and O–H groups in total. The highest BCUT2D eigenvalue weighted by Crippen LogP contribution is 2.30. The lowest BCUT2D eigenvalue weighted by molar-refractivity contribution is 0.509. The molecule has 0 spiro atoms. The summed E-state index contributed by atoms with van der Waals surface area (Å²) in [5.41, 5.74) is 3.71. The highest BCUT2D eigenvalue weighted by Gasteiger charge is 2.14. The van der Waals surface area contributed by atoms with Crippen LogP contribution in [0.15, 0.2) is 53.4 Å². The lowest BCUT2D eigenvalue weighted by Crippen LogP contribution is -1.91. The molecule has 0 aliphatic heterocycles. The Bertz CT molecular complexity index is 1060. The predicted octanol–water partition coefficient (Wildman–Crippen LogP) is 4.73. The summed E-state index contributed by atoms with van der Waals surface area (Å²) in [5, 5.41) is 0. The Hall–Kier alpha value is -2.67. The topological polar surface area (TPSA) is 54.5 Å². The molecule has 4 nitrogen and oxygen atoms in total. The summed E-state index contributed by atoms with van der Waals surface area (Å²) >= 11 is 3.37. The van der Waals surface area contributed by atoms with Crippen LogP contribution in [-0.4, -0.2) is 19.9 Å². The molecule has 0 radical (unpaired) electrons. The highest BCUT2D eigenvalue weighted by atomic mass is 79.9. The first kappa shape index (κ1) is 14.9. The quantitative estimate of drug-likeness (QED) is 0.541. The van der Waals surface area contributed by atoms with E-state index in [2.05, 4.69) is 35.9 Å². The molecule has 3 heterocycles. The third kappa shape index (κ3) is 2.56. The van der Waals surface area contributed by atoms with Crippen molar-refractivity contribution in [3.8, 4) is 22.6 Å². The van der Waals surface area contributed by atoms with Crippen molar-refractivity contribution in [2.75, 3.05) is 0 Å².